The Labute approximate surface area is 185 Å². The molecule has 1 unspecified atom stereocenters. The molecular formula is C20H28N6O6. The molecule has 2 rings (SSSR count). The normalized spacial score (nSPS) is 15.7. The summed E-state index contributed by atoms with van der Waals surface area (Å²) in [6.45, 7) is 1.84. The van der Waals surface area contributed by atoms with E-state index in [4.69, 9.17) is 21.0 Å². The van der Waals surface area contributed by atoms with Crippen LogP contribution in [0.3, 0.4) is 0 Å². The second kappa shape index (κ2) is 12.2. The molecule has 0 fully saturated rings. The number of aliphatic carboxylic acids is 1. The number of nitrogens with zero attached hydrogens (tertiary/aromatic N) is 1. The molecule has 1 aromatic carbocycles. The Hall–Kier alpha value is -3.80. The van der Waals surface area contributed by atoms with Crippen molar-refractivity contribution in [2.75, 3.05) is 13.2 Å². The fraction of sp³-hybridized carbons (Fsp3) is 0.400. The molecule has 174 valence electrons. The van der Waals surface area contributed by atoms with Gasteiger partial charge in [0.05, 0.1) is 24.4 Å². The molecule has 32 heavy (non-hydrogen) atoms. The van der Waals surface area contributed by atoms with E-state index >= 15 is 0 Å². The van der Waals surface area contributed by atoms with Crippen LogP contribution in [0.25, 0.3) is 5.70 Å². The molecule has 0 aliphatic carbocycles. The van der Waals surface area contributed by atoms with Crippen molar-refractivity contribution in [2.45, 2.75) is 38.3 Å². The molecule has 8 N–H and O–H groups in total. The van der Waals surface area contributed by atoms with Crippen LogP contribution in [0.5, 0.6) is 0 Å². The van der Waals surface area contributed by atoms with Gasteiger partial charge in [0.15, 0.2) is 5.96 Å². The molecule has 0 aromatic heterocycles. The fourth-order valence-electron chi connectivity index (χ4n) is 2.68. The molecule has 0 spiro atoms. The van der Waals surface area contributed by atoms with Gasteiger partial charge in [-0.3, -0.25) is 15.1 Å². The van der Waals surface area contributed by atoms with Crippen molar-refractivity contribution in [3.8, 4) is 0 Å². The molecule has 0 radical (unpaired) electrons. The van der Waals surface area contributed by atoms with Gasteiger partial charge >= 0.3 is 12.1 Å². The number of carboxylic acid groups (broad SMARTS) is 1. The summed E-state index contributed by atoms with van der Waals surface area (Å²) in [5.41, 5.74) is 15.5. The number of aliphatic imine (C=N–C) groups is 1. The van der Waals surface area contributed by atoms with E-state index in [0.717, 1.165) is 12.0 Å². The standard InChI is InChI=1S/C20H28N6O6/c1-2-3-8-31-20(30)25-16(18(28)29)11-23-17(27)10-14-9-15(26-32-14)12-4-6-13(7-5-12)24-19(21)22/h4-7,9,14,16,26H,2-3,8,10-11H2,1H3,(H,23,27)(H,25,30)(H,28,29)(H4,21,22,24)/t14-,16?/m1/s1. The highest BCUT2D eigenvalue weighted by atomic mass is 16.7. The van der Waals surface area contributed by atoms with E-state index in [1.165, 1.54) is 0 Å². The number of guanidine groups is 1. The Morgan fingerprint density at radius 3 is 2.62 bits per heavy atom. The minimum absolute atomic E-state index is 0.0425. The number of carbonyl (C=O) groups excluding carboxylic acids is 2. The Bertz CT molecular complexity index is 866. The van der Waals surface area contributed by atoms with Crippen LogP contribution in [-0.2, 0) is 19.2 Å². The maximum atomic E-state index is 12.2. The number of benzene rings is 1. The largest absolute Gasteiger partial charge is 0.480 e. The SMILES string of the molecule is CCCCOC(=O)NC(CNC(=O)C[C@H]1C=C(c2ccc(N=C(N)N)cc2)NO1)C(=O)O. The van der Waals surface area contributed by atoms with Crippen LogP contribution in [0.1, 0.15) is 31.7 Å². The van der Waals surface area contributed by atoms with Gasteiger partial charge < -0.3 is 31.9 Å². The maximum Gasteiger partial charge on any atom is 0.407 e. The Morgan fingerprint density at radius 1 is 1.28 bits per heavy atom. The predicted molar refractivity (Wildman–Crippen MR) is 116 cm³/mol. The van der Waals surface area contributed by atoms with Crippen molar-refractivity contribution < 1.29 is 29.1 Å². The lowest BCUT2D eigenvalue weighted by molar-refractivity contribution is -0.139. The van der Waals surface area contributed by atoms with E-state index in [9.17, 15) is 19.5 Å². The quantitative estimate of drug-likeness (QED) is 0.157. The number of hydrogen-bond acceptors (Lipinski definition) is 7. The van der Waals surface area contributed by atoms with Crippen molar-refractivity contribution in [1.29, 1.82) is 0 Å². The number of nitrogens with one attached hydrogen (secondary N) is 3. The Morgan fingerprint density at radius 2 is 2.00 bits per heavy atom. The zero-order valence-corrected chi connectivity index (χ0v) is 17.7. The van der Waals surface area contributed by atoms with Gasteiger partial charge in [-0.05, 0) is 30.2 Å². The number of hydroxylamine groups is 1. The van der Waals surface area contributed by atoms with E-state index in [1.54, 1.807) is 30.3 Å². The zero-order valence-electron chi connectivity index (χ0n) is 17.7. The third-order valence-electron chi connectivity index (χ3n) is 4.32. The number of hydrogen-bond donors (Lipinski definition) is 6. The Balaban J connectivity index is 1.83. The van der Waals surface area contributed by atoms with Gasteiger partial charge in [-0.1, -0.05) is 25.5 Å². The first kappa shape index (κ1) is 24.5. The Kier molecular flexibility index (Phi) is 9.29. The second-order valence-corrected chi connectivity index (χ2v) is 6.96. The zero-order chi connectivity index (χ0) is 23.5. The summed E-state index contributed by atoms with van der Waals surface area (Å²) in [6, 6.07) is 5.71. The first-order valence-corrected chi connectivity index (χ1v) is 10.0. The summed E-state index contributed by atoms with van der Waals surface area (Å²) in [4.78, 5) is 44.5. The third kappa shape index (κ3) is 8.14. The van der Waals surface area contributed by atoms with E-state index in [2.05, 4.69) is 21.1 Å². The third-order valence-corrected chi connectivity index (χ3v) is 4.32. The summed E-state index contributed by atoms with van der Waals surface area (Å²) >= 11 is 0. The minimum atomic E-state index is -1.31. The predicted octanol–water partition coefficient (Wildman–Crippen LogP) is 0.322. The molecule has 12 nitrogen and oxygen atoms in total. The van der Waals surface area contributed by atoms with Crippen LogP contribution >= 0.6 is 0 Å². The number of alkyl carbamates (subject to hydrolysis) is 1. The van der Waals surface area contributed by atoms with E-state index in [1.807, 2.05) is 6.92 Å². The van der Waals surface area contributed by atoms with E-state index < -0.39 is 30.1 Å². The van der Waals surface area contributed by atoms with Crippen molar-refractivity contribution in [3.63, 3.8) is 0 Å². The average Bonchev–Trinajstić information content (AvgIpc) is 3.19. The molecule has 12 heteroatoms. The molecule has 2 amide bonds. The highest BCUT2D eigenvalue weighted by Crippen LogP contribution is 2.22. The van der Waals surface area contributed by atoms with Gasteiger partial charge in [0.1, 0.15) is 12.1 Å². The van der Waals surface area contributed by atoms with Crippen molar-refractivity contribution >= 4 is 35.3 Å². The van der Waals surface area contributed by atoms with Crippen molar-refractivity contribution in [3.05, 3.63) is 35.9 Å². The van der Waals surface area contributed by atoms with Crippen LogP contribution in [0.2, 0.25) is 0 Å². The van der Waals surface area contributed by atoms with Crippen molar-refractivity contribution in [2.24, 2.45) is 16.5 Å². The van der Waals surface area contributed by atoms with Gasteiger partial charge in [-0.15, -0.1) is 0 Å². The molecule has 1 heterocycles. The number of unbranched alkanes of at least 4 members (excludes halogenated alkanes) is 1. The van der Waals surface area contributed by atoms with Gasteiger partial charge in [-0.25, -0.2) is 14.6 Å². The molecule has 0 saturated heterocycles. The number of amides is 2. The number of rotatable bonds is 11. The van der Waals surface area contributed by atoms with Crippen LogP contribution < -0.4 is 27.6 Å². The molecule has 2 atom stereocenters. The summed E-state index contributed by atoms with van der Waals surface area (Å²) < 4.78 is 4.88. The molecular weight excluding hydrogens is 420 g/mol. The maximum absolute atomic E-state index is 12.2. The monoisotopic (exact) mass is 448 g/mol. The van der Waals surface area contributed by atoms with Crippen molar-refractivity contribution in [1.82, 2.24) is 16.1 Å². The number of nitrogens with two attached hydrogens (primary N) is 2. The molecule has 1 aliphatic rings. The smallest absolute Gasteiger partial charge is 0.407 e. The number of carbonyl (C=O) groups is 3. The van der Waals surface area contributed by atoms with Gasteiger partial charge in [0.2, 0.25) is 5.91 Å². The molecule has 0 bridgehead atoms. The summed E-state index contributed by atoms with van der Waals surface area (Å²) in [5, 5.41) is 13.9. The lowest BCUT2D eigenvalue weighted by Crippen LogP contribution is -2.48. The molecule has 0 saturated carbocycles. The second-order valence-electron chi connectivity index (χ2n) is 6.96. The summed E-state index contributed by atoms with van der Waals surface area (Å²) in [6.07, 6.45) is 1.79. The fourth-order valence-corrected chi connectivity index (χ4v) is 2.68. The molecule has 1 aromatic rings. The van der Waals surface area contributed by atoms with Gasteiger partial charge in [0.25, 0.3) is 0 Å². The highest BCUT2D eigenvalue weighted by molar-refractivity contribution is 5.82. The lowest BCUT2D eigenvalue weighted by Gasteiger charge is -2.16. The van der Waals surface area contributed by atoms with Crippen LogP contribution in [0, 0.1) is 0 Å². The van der Waals surface area contributed by atoms with Crippen LogP contribution in [0.4, 0.5) is 10.5 Å². The first-order chi connectivity index (χ1) is 15.3. The van der Waals surface area contributed by atoms with Crippen LogP contribution in [0.15, 0.2) is 35.3 Å². The minimum Gasteiger partial charge on any atom is -0.480 e. The van der Waals surface area contributed by atoms with E-state index in [-0.39, 0.29) is 25.5 Å². The molecule has 1 aliphatic heterocycles. The van der Waals surface area contributed by atoms with Crippen LogP contribution in [-0.4, -0.2) is 54.3 Å². The average molecular weight is 448 g/mol. The first-order valence-electron chi connectivity index (χ1n) is 10.0. The summed E-state index contributed by atoms with van der Waals surface area (Å²) in [5.74, 6) is -1.77. The van der Waals surface area contributed by atoms with E-state index in [0.29, 0.717) is 17.8 Å². The highest BCUT2D eigenvalue weighted by Gasteiger charge is 2.24. The topological polar surface area (TPSA) is 190 Å². The summed E-state index contributed by atoms with van der Waals surface area (Å²) in [7, 11) is 0. The number of ether oxygens (including phenoxy) is 1. The van der Waals surface area contributed by atoms with Gasteiger partial charge in [-0.2, -0.15) is 0 Å². The lowest BCUT2D eigenvalue weighted by atomic mass is 10.1. The number of carboxylic acids is 1. The van der Waals surface area contributed by atoms with Gasteiger partial charge in [0, 0.05) is 6.54 Å².